The van der Waals surface area contributed by atoms with Crippen LogP contribution in [0, 0.1) is 0 Å². The van der Waals surface area contributed by atoms with Gasteiger partial charge < -0.3 is 9.84 Å². The molecule has 1 aromatic heterocycles. The lowest BCUT2D eigenvalue weighted by atomic mass is 10.2. The zero-order chi connectivity index (χ0) is 13.0. The van der Waals surface area contributed by atoms with E-state index in [2.05, 4.69) is 20.9 Å². The van der Waals surface area contributed by atoms with Gasteiger partial charge in [0.15, 0.2) is 11.4 Å². The highest BCUT2D eigenvalue weighted by Crippen LogP contribution is 2.18. The molecule has 18 heavy (non-hydrogen) atoms. The van der Waals surface area contributed by atoms with E-state index in [1.165, 1.54) is 6.20 Å². The number of carbonyl (C=O) groups is 1. The number of carboxylic acid groups (broad SMARTS) is 1. The minimum absolute atomic E-state index is 0.0744. The van der Waals surface area contributed by atoms with Crippen molar-refractivity contribution in [3.05, 3.63) is 58.3 Å². The Morgan fingerprint density at radius 1 is 1.28 bits per heavy atom. The largest absolute Gasteiger partial charge is 0.486 e. The predicted octanol–water partition coefficient (Wildman–Crippen LogP) is 3.12. The average molecular weight is 308 g/mol. The molecular formula is C13H10BrNO3. The normalized spacial score (nSPS) is 10.1. The van der Waals surface area contributed by atoms with Gasteiger partial charge in [0.25, 0.3) is 0 Å². The molecule has 1 heterocycles. The summed E-state index contributed by atoms with van der Waals surface area (Å²) in [5.74, 6) is -0.825. The number of nitrogens with zero attached hydrogens (tertiary/aromatic N) is 1. The minimum Gasteiger partial charge on any atom is -0.486 e. The molecule has 0 fully saturated rings. The number of aromatic nitrogens is 1. The highest BCUT2D eigenvalue weighted by Gasteiger charge is 2.11. The van der Waals surface area contributed by atoms with Gasteiger partial charge in [-0.2, -0.15) is 0 Å². The summed E-state index contributed by atoms with van der Waals surface area (Å²) in [6, 6.07) is 10.8. The summed E-state index contributed by atoms with van der Waals surface area (Å²) in [4.78, 5) is 14.7. The molecule has 5 heteroatoms. The fraction of sp³-hybridized carbons (Fsp3) is 0.0769. The van der Waals surface area contributed by atoms with Gasteiger partial charge in [0.1, 0.15) is 6.61 Å². The number of hydrogen-bond acceptors (Lipinski definition) is 3. The maximum absolute atomic E-state index is 10.9. The van der Waals surface area contributed by atoms with Crippen LogP contribution >= 0.6 is 15.9 Å². The van der Waals surface area contributed by atoms with Gasteiger partial charge in [-0.25, -0.2) is 9.78 Å². The van der Waals surface area contributed by atoms with Crippen LogP contribution in [0.2, 0.25) is 0 Å². The minimum atomic E-state index is -1.10. The van der Waals surface area contributed by atoms with Crippen molar-refractivity contribution in [1.82, 2.24) is 4.98 Å². The first kappa shape index (κ1) is 12.6. The van der Waals surface area contributed by atoms with E-state index in [0.29, 0.717) is 6.61 Å². The van der Waals surface area contributed by atoms with Crippen LogP contribution in [0.1, 0.15) is 16.1 Å². The van der Waals surface area contributed by atoms with E-state index in [1.807, 2.05) is 24.3 Å². The molecule has 0 radical (unpaired) electrons. The van der Waals surface area contributed by atoms with Crippen molar-refractivity contribution in [1.29, 1.82) is 0 Å². The number of benzene rings is 1. The fourth-order valence-corrected chi connectivity index (χ4v) is 1.67. The highest BCUT2D eigenvalue weighted by molar-refractivity contribution is 9.10. The maximum Gasteiger partial charge on any atom is 0.358 e. The van der Waals surface area contributed by atoms with Crippen molar-refractivity contribution in [2.45, 2.75) is 6.61 Å². The van der Waals surface area contributed by atoms with Crippen molar-refractivity contribution in [2.75, 3.05) is 0 Å². The molecule has 0 aliphatic rings. The van der Waals surface area contributed by atoms with E-state index in [1.54, 1.807) is 12.1 Å². The molecule has 0 aliphatic carbocycles. The predicted molar refractivity (Wildman–Crippen MR) is 69.7 cm³/mol. The number of pyridine rings is 1. The molecule has 4 nitrogen and oxygen atoms in total. The lowest BCUT2D eigenvalue weighted by molar-refractivity contribution is 0.0685. The zero-order valence-electron chi connectivity index (χ0n) is 9.34. The van der Waals surface area contributed by atoms with Crippen molar-refractivity contribution < 1.29 is 14.6 Å². The van der Waals surface area contributed by atoms with Crippen LogP contribution in [-0.2, 0) is 6.61 Å². The van der Waals surface area contributed by atoms with Crippen molar-refractivity contribution in [3.8, 4) is 5.75 Å². The molecule has 0 amide bonds. The summed E-state index contributed by atoms with van der Waals surface area (Å²) in [6.07, 6.45) is 1.43. The Hall–Kier alpha value is -1.88. The Bertz CT molecular complexity index is 554. The van der Waals surface area contributed by atoms with Crippen molar-refractivity contribution >= 4 is 21.9 Å². The molecule has 2 rings (SSSR count). The second kappa shape index (κ2) is 5.64. The Kier molecular flexibility index (Phi) is 3.94. The first-order chi connectivity index (χ1) is 8.66. The van der Waals surface area contributed by atoms with Gasteiger partial charge in [-0.15, -0.1) is 0 Å². The van der Waals surface area contributed by atoms with Crippen LogP contribution in [0.5, 0.6) is 5.75 Å². The van der Waals surface area contributed by atoms with E-state index in [-0.39, 0.29) is 11.4 Å². The van der Waals surface area contributed by atoms with Crippen LogP contribution in [0.25, 0.3) is 0 Å². The Balaban J connectivity index is 2.10. The van der Waals surface area contributed by atoms with E-state index in [0.717, 1.165) is 10.0 Å². The summed E-state index contributed by atoms with van der Waals surface area (Å²) >= 11 is 3.34. The molecule has 1 N–H and O–H groups in total. The van der Waals surface area contributed by atoms with Crippen LogP contribution in [0.3, 0.4) is 0 Å². The van der Waals surface area contributed by atoms with Crippen LogP contribution in [-0.4, -0.2) is 16.1 Å². The molecule has 2 aromatic rings. The van der Waals surface area contributed by atoms with Gasteiger partial charge >= 0.3 is 5.97 Å². The topological polar surface area (TPSA) is 59.4 Å². The third-order valence-corrected chi connectivity index (χ3v) is 2.81. The fourth-order valence-electron chi connectivity index (χ4n) is 1.41. The van der Waals surface area contributed by atoms with E-state index < -0.39 is 5.97 Å². The molecule has 0 spiro atoms. The number of hydrogen-bond donors (Lipinski definition) is 1. The highest BCUT2D eigenvalue weighted by atomic mass is 79.9. The Morgan fingerprint density at radius 2 is 2.00 bits per heavy atom. The second-order valence-corrected chi connectivity index (χ2v) is 4.49. The third-order valence-electron chi connectivity index (χ3n) is 2.28. The first-order valence-corrected chi connectivity index (χ1v) is 6.01. The SMILES string of the molecule is O=C(O)c1ncccc1OCc1ccc(Br)cc1. The standard InChI is InChI=1S/C13H10BrNO3/c14-10-5-3-9(4-6-10)8-18-11-2-1-7-15-12(11)13(16)17/h1-7H,8H2,(H,16,17). The van der Waals surface area contributed by atoms with Crippen LogP contribution in [0.15, 0.2) is 47.1 Å². The molecule has 92 valence electrons. The lowest BCUT2D eigenvalue weighted by Gasteiger charge is -2.08. The second-order valence-electron chi connectivity index (χ2n) is 3.57. The summed E-state index contributed by atoms with van der Waals surface area (Å²) in [5.41, 5.74) is 0.882. The van der Waals surface area contributed by atoms with E-state index in [4.69, 9.17) is 9.84 Å². The van der Waals surface area contributed by atoms with Gasteiger partial charge in [0, 0.05) is 10.7 Å². The van der Waals surface area contributed by atoms with Gasteiger partial charge in [-0.3, -0.25) is 0 Å². The molecule has 0 aliphatic heterocycles. The number of ether oxygens (including phenoxy) is 1. The number of rotatable bonds is 4. The molecule has 0 unspecified atom stereocenters. The average Bonchev–Trinajstić information content (AvgIpc) is 2.38. The van der Waals surface area contributed by atoms with Crippen molar-refractivity contribution in [3.63, 3.8) is 0 Å². The molecule has 0 saturated carbocycles. The number of carboxylic acids is 1. The molecule has 1 aromatic carbocycles. The summed E-state index contributed by atoms with van der Waals surface area (Å²) in [5, 5.41) is 8.95. The summed E-state index contributed by atoms with van der Waals surface area (Å²) < 4.78 is 6.45. The van der Waals surface area contributed by atoms with E-state index >= 15 is 0 Å². The molecule has 0 atom stereocenters. The van der Waals surface area contributed by atoms with Gasteiger partial charge in [0.05, 0.1) is 0 Å². The molecule has 0 bridgehead atoms. The van der Waals surface area contributed by atoms with Crippen molar-refractivity contribution in [2.24, 2.45) is 0 Å². The number of halogens is 1. The summed E-state index contributed by atoms with van der Waals surface area (Å²) in [6.45, 7) is 0.305. The molecular weight excluding hydrogens is 298 g/mol. The molecule has 0 saturated heterocycles. The number of aromatic carboxylic acids is 1. The third kappa shape index (κ3) is 3.07. The Labute approximate surface area is 112 Å². The summed E-state index contributed by atoms with van der Waals surface area (Å²) in [7, 11) is 0. The van der Waals surface area contributed by atoms with E-state index in [9.17, 15) is 4.79 Å². The van der Waals surface area contributed by atoms with Crippen LogP contribution < -0.4 is 4.74 Å². The Morgan fingerprint density at radius 3 is 2.67 bits per heavy atom. The van der Waals surface area contributed by atoms with Gasteiger partial charge in [-0.05, 0) is 29.8 Å². The zero-order valence-corrected chi connectivity index (χ0v) is 10.9. The van der Waals surface area contributed by atoms with Gasteiger partial charge in [-0.1, -0.05) is 28.1 Å². The van der Waals surface area contributed by atoms with Crippen LogP contribution in [0.4, 0.5) is 0 Å². The van der Waals surface area contributed by atoms with Gasteiger partial charge in [0.2, 0.25) is 0 Å². The smallest absolute Gasteiger partial charge is 0.358 e. The lowest BCUT2D eigenvalue weighted by Crippen LogP contribution is -2.05. The first-order valence-electron chi connectivity index (χ1n) is 5.22. The monoisotopic (exact) mass is 307 g/mol. The quantitative estimate of drug-likeness (QED) is 0.943. The maximum atomic E-state index is 10.9.